The van der Waals surface area contributed by atoms with Gasteiger partial charge in [-0.05, 0) is 53.4 Å². The van der Waals surface area contributed by atoms with Gasteiger partial charge < -0.3 is 14.5 Å². The van der Waals surface area contributed by atoms with E-state index in [4.69, 9.17) is 9.47 Å². The number of nitrogens with one attached hydrogen (secondary N) is 1. The molecule has 3 rings (SSSR count). The molecule has 0 spiro atoms. The first-order chi connectivity index (χ1) is 13.6. The van der Waals surface area contributed by atoms with Gasteiger partial charge in [0.1, 0.15) is 11.5 Å². The number of ketones is 2. The van der Waals surface area contributed by atoms with Crippen LogP contribution in [0, 0.1) is 0 Å². The molecular formula is C23H21NO4. The van der Waals surface area contributed by atoms with Crippen LogP contribution >= 0.6 is 0 Å². The Balaban J connectivity index is 1.60. The van der Waals surface area contributed by atoms with E-state index in [2.05, 4.69) is 4.98 Å². The summed E-state index contributed by atoms with van der Waals surface area (Å²) in [5, 5.41) is 1.11. The quantitative estimate of drug-likeness (QED) is 0.467. The summed E-state index contributed by atoms with van der Waals surface area (Å²) in [6.07, 6.45) is 7.86. The van der Waals surface area contributed by atoms with Crippen LogP contribution in [-0.2, 0) is 9.59 Å². The monoisotopic (exact) mass is 375 g/mol. The second-order valence-electron chi connectivity index (χ2n) is 6.21. The van der Waals surface area contributed by atoms with Crippen molar-refractivity contribution in [3.8, 4) is 11.5 Å². The fourth-order valence-electron chi connectivity index (χ4n) is 2.79. The lowest BCUT2D eigenvalue weighted by Crippen LogP contribution is -2.02. The first-order valence-electron chi connectivity index (χ1n) is 8.80. The van der Waals surface area contributed by atoms with Crippen LogP contribution in [-0.4, -0.2) is 30.8 Å². The second kappa shape index (κ2) is 8.86. The van der Waals surface area contributed by atoms with E-state index >= 15 is 0 Å². The van der Waals surface area contributed by atoms with E-state index in [9.17, 15) is 9.59 Å². The van der Waals surface area contributed by atoms with E-state index in [1.54, 1.807) is 44.6 Å². The second-order valence-corrected chi connectivity index (χ2v) is 6.21. The fourth-order valence-corrected chi connectivity index (χ4v) is 2.79. The molecule has 0 fully saturated rings. The molecule has 0 radical (unpaired) electrons. The van der Waals surface area contributed by atoms with Crippen molar-refractivity contribution in [3.05, 3.63) is 71.9 Å². The summed E-state index contributed by atoms with van der Waals surface area (Å²) in [5.74, 6) is 0.739. The first kappa shape index (κ1) is 19.2. The van der Waals surface area contributed by atoms with Crippen molar-refractivity contribution in [2.75, 3.05) is 14.2 Å². The fraction of sp³-hybridized carbons (Fsp3) is 0.130. The number of benzene rings is 2. The maximum absolute atomic E-state index is 12.1. The SMILES string of the molecule is COc1ccc(C=CC(=O)CC(=O)C=Cc2ccc3cc[nH]c3c2)c(OC)c1. The Labute approximate surface area is 163 Å². The molecule has 1 N–H and O–H groups in total. The Morgan fingerprint density at radius 3 is 2.46 bits per heavy atom. The Morgan fingerprint density at radius 1 is 0.929 bits per heavy atom. The zero-order valence-electron chi connectivity index (χ0n) is 15.8. The van der Waals surface area contributed by atoms with Crippen LogP contribution in [0.5, 0.6) is 11.5 Å². The number of aromatic amines is 1. The van der Waals surface area contributed by atoms with Gasteiger partial charge in [-0.1, -0.05) is 18.2 Å². The highest BCUT2D eigenvalue weighted by Crippen LogP contribution is 2.25. The number of hydrogen-bond acceptors (Lipinski definition) is 4. The summed E-state index contributed by atoms with van der Waals surface area (Å²) in [4.78, 5) is 27.3. The van der Waals surface area contributed by atoms with E-state index in [1.165, 1.54) is 12.2 Å². The highest BCUT2D eigenvalue weighted by Gasteiger charge is 2.06. The van der Waals surface area contributed by atoms with Crippen molar-refractivity contribution in [1.29, 1.82) is 0 Å². The van der Waals surface area contributed by atoms with E-state index < -0.39 is 0 Å². The smallest absolute Gasteiger partial charge is 0.163 e. The zero-order valence-corrected chi connectivity index (χ0v) is 15.8. The molecule has 0 atom stereocenters. The predicted molar refractivity (Wildman–Crippen MR) is 111 cm³/mol. The van der Waals surface area contributed by atoms with E-state index in [0.717, 1.165) is 22.0 Å². The lowest BCUT2D eigenvalue weighted by Gasteiger charge is -2.07. The summed E-state index contributed by atoms with van der Waals surface area (Å²) >= 11 is 0. The summed E-state index contributed by atoms with van der Waals surface area (Å²) in [6, 6.07) is 13.2. The van der Waals surface area contributed by atoms with Gasteiger partial charge in [-0.15, -0.1) is 0 Å². The highest BCUT2D eigenvalue weighted by atomic mass is 16.5. The third-order valence-corrected chi connectivity index (χ3v) is 4.28. The maximum Gasteiger partial charge on any atom is 0.163 e. The molecule has 5 nitrogen and oxygen atoms in total. The number of carbonyl (C=O) groups is 2. The molecule has 0 saturated heterocycles. The summed E-state index contributed by atoms with van der Waals surface area (Å²) in [7, 11) is 3.12. The van der Waals surface area contributed by atoms with Crippen LogP contribution in [0.25, 0.3) is 23.1 Å². The molecule has 1 aromatic heterocycles. The molecule has 3 aromatic rings. The number of methoxy groups -OCH3 is 2. The van der Waals surface area contributed by atoms with Gasteiger partial charge in [-0.2, -0.15) is 0 Å². The van der Waals surface area contributed by atoms with E-state index in [-0.39, 0.29) is 18.0 Å². The number of ether oxygens (including phenoxy) is 2. The number of H-pyrrole nitrogens is 1. The number of allylic oxidation sites excluding steroid dienone is 2. The van der Waals surface area contributed by atoms with Crippen LogP contribution in [0.3, 0.4) is 0 Å². The molecule has 0 saturated carbocycles. The number of rotatable bonds is 8. The van der Waals surface area contributed by atoms with Crippen LogP contribution in [0.15, 0.2) is 60.8 Å². The summed E-state index contributed by atoms with van der Waals surface area (Å²) in [5.41, 5.74) is 2.63. The average Bonchev–Trinajstić information content (AvgIpc) is 3.18. The topological polar surface area (TPSA) is 68.4 Å². The molecule has 0 aliphatic carbocycles. The van der Waals surface area contributed by atoms with Gasteiger partial charge in [-0.3, -0.25) is 9.59 Å². The van der Waals surface area contributed by atoms with Crippen LogP contribution < -0.4 is 9.47 Å². The minimum Gasteiger partial charge on any atom is -0.497 e. The summed E-state index contributed by atoms with van der Waals surface area (Å²) in [6.45, 7) is 0. The molecule has 0 aliphatic rings. The molecule has 1 heterocycles. The zero-order chi connectivity index (χ0) is 19.9. The van der Waals surface area contributed by atoms with Crippen molar-refractivity contribution in [3.63, 3.8) is 0 Å². The Hall–Kier alpha value is -3.60. The number of aromatic nitrogens is 1. The van der Waals surface area contributed by atoms with Crippen LogP contribution in [0.1, 0.15) is 17.5 Å². The first-order valence-corrected chi connectivity index (χ1v) is 8.80. The molecule has 0 bridgehead atoms. The minimum absolute atomic E-state index is 0.184. The molecule has 0 amide bonds. The molecule has 2 aromatic carbocycles. The van der Waals surface area contributed by atoms with Gasteiger partial charge in [0.25, 0.3) is 0 Å². The highest BCUT2D eigenvalue weighted by molar-refractivity contribution is 6.11. The molecule has 0 aliphatic heterocycles. The molecule has 0 unspecified atom stereocenters. The minimum atomic E-state index is -0.271. The standard InChI is InChI=1S/C23H21NO4/c1-27-21-10-7-18(23(15-21)28-2)6-9-20(26)14-19(25)8-4-16-3-5-17-11-12-24-22(17)13-16/h3-13,15,24H,14H2,1-2H3. The molecule has 142 valence electrons. The van der Waals surface area contributed by atoms with Gasteiger partial charge in [0, 0.05) is 23.3 Å². The lowest BCUT2D eigenvalue weighted by molar-refractivity contribution is -0.121. The molecule has 5 heteroatoms. The van der Waals surface area contributed by atoms with Crippen molar-refractivity contribution in [2.24, 2.45) is 0 Å². The molecular weight excluding hydrogens is 354 g/mol. The van der Waals surface area contributed by atoms with Crippen LogP contribution in [0.4, 0.5) is 0 Å². The van der Waals surface area contributed by atoms with Gasteiger partial charge in [0.15, 0.2) is 11.6 Å². The number of hydrogen-bond donors (Lipinski definition) is 1. The van der Waals surface area contributed by atoms with Crippen molar-refractivity contribution in [2.45, 2.75) is 6.42 Å². The molecule has 28 heavy (non-hydrogen) atoms. The van der Waals surface area contributed by atoms with Gasteiger partial charge in [0.2, 0.25) is 0 Å². The van der Waals surface area contributed by atoms with Gasteiger partial charge in [-0.25, -0.2) is 0 Å². The van der Waals surface area contributed by atoms with Crippen molar-refractivity contribution >= 4 is 34.6 Å². The Morgan fingerprint density at radius 2 is 1.71 bits per heavy atom. The van der Waals surface area contributed by atoms with Crippen molar-refractivity contribution < 1.29 is 19.1 Å². The maximum atomic E-state index is 12.1. The van der Waals surface area contributed by atoms with E-state index in [0.29, 0.717) is 11.5 Å². The third kappa shape index (κ3) is 4.76. The van der Waals surface area contributed by atoms with E-state index in [1.807, 2.05) is 30.5 Å². The average molecular weight is 375 g/mol. The number of fused-ring (bicyclic) bond motifs is 1. The van der Waals surface area contributed by atoms with Crippen molar-refractivity contribution in [1.82, 2.24) is 4.98 Å². The Bertz CT molecular complexity index is 1060. The summed E-state index contributed by atoms with van der Waals surface area (Å²) < 4.78 is 10.4. The largest absolute Gasteiger partial charge is 0.497 e. The van der Waals surface area contributed by atoms with Gasteiger partial charge >= 0.3 is 0 Å². The van der Waals surface area contributed by atoms with Gasteiger partial charge in [0.05, 0.1) is 20.6 Å². The Kier molecular flexibility index (Phi) is 6.07. The lowest BCUT2D eigenvalue weighted by atomic mass is 10.1. The number of carbonyl (C=O) groups excluding carboxylic acids is 2. The predicted octanol–water partition coefficient (Wildman–Crippen LogP) is 4.44. The third-order valence-electron chi connectivity index (χ3n) is 4.28. The van der Waals surface area contributed by atoms with Crippen LogP contribution in [0.2, 0.25) is 0 Å². The normalized spacial score (nSPS) is 11.4.